The molecule has 1 aromatic carbocycles. The number of hydrogen-bond donors (Lipinski definition) is 0. The van der Waals surface area contributed by atoms with Gasteiger partial charge in [-0.15, -0.1) is 0 Å². The van der Waals surface area contributed by atoms with Gasteiger partial charge in [-0.05, 0) is 44.0 Å². The highest BCUT2D eigenvalue weighted by Gasteiger charge is 2.21. The predicted molar refractivity (Wildman–Crippen MR) is 94.6 cm³/mol. The van der Waals surface area contributed by atoms with E-state index in [4.69, 9.17) is 4.74 Å². The Kier molecular flexibility index (Phi) is 6.60. The molecule has 4 nitrogen and oxygen atoms in total. The van der Waals surface area contributed by atoms with Crippen molar-refractivity contribution in [1.82, 2.24) is 9.80 Å². The fraction of sp³-hybridized carbons (Fsp3) is 0.632. The van der Waals surface area contributed by atoms with E-state index in [1.165, 1.54) is 0 Å². The van der Waals surface area contributed by atoms with Crippen LogP contribution >= 0.6 is 0 Å². The SMILES string of the molecule is CCCOc1c(C)cc(C)cc1C(=O)CN1CCN(CC)CC1. The van der Waals surface area contributed by atoms with Gasteiger partial charge in [-0.1, -0.05) is 19.9 Å². The van der Waals surface area contributed by atoms with Gasteiger partial charge in [0.2, 0.25) is 0 Å². The van der Waals surface area contributed by atoms with Crippen molar-refractivity contribution < 1.29 is 9.53 Å². The summed E-state index contributed by atoms with van der Waals surface area (Å²) in [6, 6.07) is 4.06. The van der Waals surface area contributed by atoms with E-state index in [-0.39, 0.29) is 5.78 Å². The molecule has 1 fully saturated rings. The van der Waals surface area contributed by atoms with Crippen molar-refractivity contribution in [2.75, 3.05) is 45.9 Å². The van der Waals surface area contributed by atoms with Crippen LogP contribution in [-0.4, -0.2) is 61.5 Å². The molecule has 0 unspecified atom stereocenters. The van der Waals surface area contributed by atoms with Crippen LogP contribution in [0.15, 0.2) is 12.1 Å². The fourth-order valence-corrected chi connectivity index (χ4v) is 3.11. The van der Waals surface area contributed by atoms with Gasteiger partial charge in [0.25, 0.3) is 0 Å². The van der Waals surface area contributed by atoms with Crippen molar-refractivity contribution in [2.45, 2.75) is 34.1 Å². The van der Waals surface area contributed by atoms with Crippen molar-refractivity contribution in [3.8, 4) is 5.75 Å². The standard InChI is InChI=1S/C19H30N2O2/c1-5-11-23-19-16(4)12-15(3)13-17(19)18(22)14-21-9-7-20(6-2)8-10-21/h12-13H,5-11,14H2,1-4H3. The molecule has 1 aromatic rings. The van der Waals surface area contributed by atoms with E-state index in [9.17, 15) is 4.79 Å². The molecule has 1 aliphatic heterocycles. The molecule has 1 aliphatic rings. The number of carbonyl (C=O) groups is 1. The monoisotopic (exact) mass is 318 g/mol. The quantitative estimate of drug-likeness (QED) is 0.724. The van der Waals surface area contributed by atoms with Crippen LogP contribution in [-0.2, 0) is 0 Å². The second-order valence-electron chi connectivity index (χ2n) is 6.44. The molecule has 0 amide bonds. The van der Waals surface area contributed by atoms with Crippen LogP contribution in [0.5, 0.6) is 5.75 Å². The third-order valence-electron chi connectivity index (χ3n) is 4.45. The van der Waals surface area contributed by atoms with Crippen molar-refractivity contribution >= 4 is 5.78 Å². The summed E-state index contributed by atoms with van der Waals surface area (Å²) in [5.74, 6) is 0.947. The molecule has 0 spiro atoms. The summed E-state index contributed by atoms with van der Waals surface area (Å²) in [7, 11) is 0. The number of hydrogen-bond acceptors (Lipinski definition) is 4. The lowest BCUT2D eigenvalue weighted by Gasteiger charge is -2.33. The lowest BCUT2D eigenvalue weighted by Crippen LogP contribution is -2.47. The van der Waals surface area contributed by atoms with E-state index < -0.39 is 0 Å². The average Bonchev–Trinajstić information content (AvgIpc) is 2.54. The Labute approximate surface area is 140 Å². The molecule has 23 heavy (non-hydrogen) atoms. The predicted octanol–water partition coefficient (Wildman–Crippen LogP) is 2.91. The van der Waals surface area contributed by atoms with Crippen LogP contribution in [0.3, 0.4) is 0 Å². The van der Waals surface area contributed by atoms with E-state index in [1.807, 2.05) is 19.9 Å². The summed E-state index contributed by atoms with van der Waals surface area (Å²) in [4.78, 5) is 17.5. The number of likely N-dealkylation sites (N-methyl/N-ethyl adjacent to an activating group) is 1. The van der Waals surface area contributed by atoms with Crippen molar-refractivity contribution in [2.24, 2.45) is 0 Å². The Hall–Kier alpha value is -1.39. The molecule has 0 radical (unpaired) electrons. The minimum absolute atomic E-state index is 0.174. The minimum Gasteiger partial charge on any atom is -0.493 e. The highest BCUT2D eigenvalue weighted by atomic mass is 16.5. The zero-order valence-electron chi connectivity index (χ0n) is 15.0. The molecule has 4 heteroatoms. The lowest BCUT2D eigenvalue weighted by atomic mass is 10.0. The maximum absolute atomic E-state index is 12.8. The molecule has 0 bridgehead atoms. The number of aryl methyl sites for hydroxylation is 2. The van der Waals surface area contributed by atoms with Gasteiger partial charge in [0.1, 0.15) is 5.75 Å². The van der Waals surface area contributed by atoms with Gasteiger partial charge in [-0.3, -0.25) is 9.69 Å². The van der Waals surface area contributed by atoms with Gasteiger partial charge < -0.3 is 9.64 Å². The number of Topliss-reactive ketones (excluding diaryl/α,β-unsaturated/α-hetero) is 1. The van der Waals surface area contributed by atoms with Crippen molar-refractivity contribution in [1.29, 1.82) is 0 Å². The lowest BCUT2D eigenvalue weighted by molar-refractivity contribution is 0.0855. The molecule has 1 heterocycles. The third kappa shape index (κ3) is 4.79. The zero-order chi connectivity index (χ0) is 16.8. The molecule has 0 aromatic heterocycles. The second-order valence-corrected chi connectivity index (χ2v) is 6.44. The Morgan fingerprint density at radius 1 is 1.09 bits per heavy atom. The number of ether oxygens (including phenoxy) is 1. The molecular formula is C19H30N2O2. The van der Waals surface area contributed by atoms with Crippen LogP contribution < -0.4 is 4.74 Å². The molecule has 0 atom stereocenters. The first-order chi connectivity index (χ1) is 11.0. The number of piperazine rings is 1. The molecule has 2 rings (SSSR count). The Morgan fingerprint density at radius 2 is 1.74 bits per heavy atom. The van der Waals surface area contributed by atoms with Gasteiger partial charge in [0.15, 0.2) is 5.78 Å². The number of carbonyl (C=O) groups excluding carboxylic acids is 1. The third-order valence-corrected chi connectivity index (χ3v) is 4.45. The van der Waals surface area contributed by atoms with Crippen LogP contribution in [0.2, 0.25) is 0 Å². The average molecular weight is 318 g/mol. The van der Waals surface area contributed by atoms with Gasteiger partial charge in [-0.2, -0.15) is 0 Å². The Balaban J connectivity index is 2.09. The van der Waals surface area contributed by atoms with Crippen LogP contribution in [0, 0.1) is 13.8 Å². The van der Waals surface area contributed by atoms with Crippen molar-refractivity contribution in [3.63, 3.8) is 0 Å². The first-order valence-corrected chi connectivity index (χ1v) is 8.77. The number of benzene rings is 1. The van der Waals surface area contributed by atoms with Crippen molar-refractivity contribution in [3.05, 3.63) is 28.8 Å². The number of ketones is 1. The largest absolute Gasteiger partial charge is 0.493 e. The fourth-order valence-electron chi connectivity index (χ4n) is 3.11. The molecular weight excluding hydrogens is 288 g/mol. The number of nitrogens with zero attached hydrogens (tertiary/aromatic N) is 2. The van der Waals surface area contributed by atoms with Gasteiger partial charge in [0.05, 0.1) is 18.7 Å². The summed E-state index contributed by atoms with van der Waals surface area (Å²) in [5, 5.41) is 0. The van der Waals surface area contributed by atoms with E-state index in [0.717, 1.165) is 61.6 Å². The van der Waals surface area contributed by atoms with Gasteiger partial charge >= 0.3 is 0 Å². The first kappa shape index (κ1) is 18.0. The normalized spacial score (nSPS) is 16.5. The number of rotatable bonds is 7. The molecule has 0 aliphatic carbocycles. The second kappa shape index (κ2) is 8.46. The summed E-state index contributed by atoms with van der Waals surface area (Å²) < 4.78 is 5.87. The first-order valence-electron chi connectivity index (χ1n) is 8.77. The maximum Gasteiger partial charge on any atom is 0.180 e. The summed E-state index contributed by atoms with van der Waals surface area (Å²) in [5.41, 5.74) is 2.91. The van der Waals surface area contributed by atoms with E-state index >= 15 is 0 Å². The molecule has 0 N–H and O–H groups in total. The van der Waals surface area contributed by atoms with Crippen LogP contribution in [0.1, 0.15) is 41.8 Å². The van der Waals surface area contributed by atoms with E-state index in [1.54, 1.807) is 0 Å². The van der Waals surface area contributed by atoms with E-state index in [0.29, 0.717) is 13.2 Å². The molecule has 1 saturated heterocycles. The Bertz CT molecular complexity index is 534. The summed E-state index contributed by atoms with van der Waals surface area (Å²) in [6.45, 7) is 14.6. The van der Waals surface area contributed by atoms with Gasteiger partial charge in [-0.25, -0.2) is 0 Å². The summed E-state index contributed by atoms with van der Waals surface area (Å²) >= 11 is 0. The smallest absolute Gasteiger partial charge is 0.180 e. The maximum atomic E-state index is 12.8. The topological polar surface area (TPSA) is 32.8 Å². The highest BCUT2D eigenvalue weighted by Crippen LogP contribution is 2.26. The zero-order valence-corrected chi connectivity index (χ0v) is 15.0. The summed E-state index contributed by atoms with van der Waals surface area (Å²) in [6.07, 6.45) is 0.944. The van der Waals surface area contributed by atoms with Gasteiger partial charge in [0, 0.05) is 26.2 Å². The molecule has 0 saturated carbocycles. The highest BCUT2D eigenvalue weighted by molar-refractivity contribution is 6.00. The van der Waals surface area contributed by atoms with Crippen LogP contribution in [0.25, 0.3) is 0 Å². The minimum atomic E-state index is 0.174. The van der Waals surface area contributed by atoms with E-state index in [2.05, 4.69) is 29.7 Å². The Morgan fingerprint density at radius 3 is 2.35 bits per heavy atom. The molecule has 128 valence electrons. The van der Waals surface area contributed by atoms with Crippen LogP contribution in [0.4, 0.5) is 0 Å².